The van der Waals surface area contributed by atoms with Crippen molar-refractivity contribution < 1.29 is 9.47 Å². The Morgan fingerprint density at radius 1 is 0.962 bits per heavy atom. The van der Waals surface area contributed by atoms with Gasteiger partial charge in [0.15, 0.2) is 0 Å². The monoisotopic (exact) mass is 343 g/mol. The van der Waals surface area contributed by atoms with Gasteiger partial charge in [0, 0.05) is 35.5 Å². The van der Waals surface area contributed by atoms with Gasteiger partial charge in [0.2, 0.25) is 0 Å². The second-order valence-electron chi connectivity index (χ2n) is 6.43. The van der Waals surface area contributed by atoms with Crippen LogP contribution in [0.4, 0.5) is 0 Å². The van der Waals surface area contributed by atoms with Crippen molar-refractivity contribution in [2.24, 2.45) is 10.7 Å². The maximum atomic E-state index is 6.23. The highest BCUT2D eigenvalue weighted by Gasteiger charge is 2.45. The van der Waals surface area contributed by atoms with Crippen molar-refractivity contribution in [1.82, 2.24) is 4.98 Å². The van der Waals surface area contributed by atoms with Crippen molar-refractivity contribution in [3.63, 3.8) is 0 Å². The van der Waals surface area contributed by atoms with E-state index < -0.39 is 5.54 Å². The third-order valence-electron chi connectivity index (χ3n) is 4.98. The highest BCUT2D eigenvalue weighted by Crippen LogP contribution is 2.54. The molecule has 5 heteroatoms. The molecule has 2 aliphatic heterocycles. The zero-order valence-corrected chi connectivity index (χ0v) is 14.1. The largest absolute Gasteiger partial charge is 0.465 e. The van der Waals surface area contributed by atoms with Crippen LogP contribution in [-0.4, -0.2) is 17.6 Å². The van der Waals surface area contributed by atoms with Crippen LogP contribution in [0.1, 0.15) is 17.5 Å². The van der Waals surface area contributed by atoms with Gasteiger partial charge < -0.3 is 15.2 Å². The summed E-state index contributed by atoms with van der Waals surface area (Å²) in [4.78, 5) is 9.09. The first-order chi connectivity index (χ1) is 12.8. The Hall–Kier alpha value is -3.34. The van der Waals surface area contributed by atoms with Crippen LogP contribution < -0.4 is 10.5 Å². The molecule has 1 spiro atoms. The van der Waals surface area contributed by atoms with Crippen LogP contribution in [0.3, 0.4) is 0 Å². The van der Waals surface area contributed by atoms with Gasteiger partial charge in [-0.2, -0.15) is 0 Å². The van der Waals surface area contributed by atoms with Crippen LogP contribution in [0.25, 0.3) is 11.1 Å². The third-order valence-corrected chi connectivity index (χ3v) is 4.98. The second-order valence-corrected chi connectivity index (χ2v) is 6.43. The van der Waals surface area contributed by atoms with Crippen molar-refractivity contribution in [3.8, 4) is 22.6 Å². The zero-order chi connectivity index (χ0) is 17.6. The van der Waals surface area contributed by atoms with Gasteiger partial charge in [0.1, 0.15) is 17.0 Å². The lowest BCUT2D eigenvalue weighted by molar-refractivity contribution is 0.219. The molecular formula is C21H17N3O2. The number of benzene rings is 2. The smallest absolute Gasteiger partial charge is 0.283 e. The minimum absolute atomic E-state index is 0.208. The molecule has 128 valence electrons. The van der Waals surface area contributed by atoms with Crippen LogP contribution in [-0.2, 0) is 10.3 Å². The Bertz CT molecular complexity index is 1020. The predicted octanol–water partition coefficient (Wildman–Crippen LogP) is 3.83. The molecule has 2 aromatic carbocycles. The predicted molar refractivity (Wildman–Crippen MR) is 99.2 cm³/mol. The fourth-order valence-electron chi connectivity index (χ4n) is 3.91. The van der Waals surface area contributed by atoms with Crippen molar-refractivity contribution in [1.29, 1.82) is 0 Å². The van der Waals surface area contributed by atoms with Gasteiger partial charge in [0.05, 0.1) is 6.61 Å². The van der Waals surface area contributed by atoms with Crippen molar-refractivity contribution >= 4 is 6.02 Å². The highest BCUT2D eigenvalue weighted by molar-refractivity contribution is 5.79. The minimum atomic E-state index is -0.626. The molecule has 0 saturated heterocycles. The number of aliphatic imine (C=N–C) groups is 1. The molecule has 0 amide bonds. The topological polar surface area (TPSA) is 69.7 Å². The number of nitrogens with zero attached hydrogens (tertiary/aromatic N) is 2. The summed E-state index contributed by atoms with van der Waals surface area (Å²) in [5, 5.41) is 0. The lowest BCUT2D eigenvalue weighted by atomic mass is 9.75. The minimum Gasteiger partial charge on any atom is -0.465 e. The van der Waals surface area contributed by atoms with Crippen molar-refractivity contribution in [2.75, 3.05) is 6.61 Å². The first kappa shape index (κ1) is 15.0. The third kappa shape index (κ3) is 2.10. The molecule has 5 nitrogen and oxygen atoms in total. The molecule has 1 unspecified atom stereocenters. The molecule has 3 heterocycles. The summed E-state index contributed by atoms with van der Waals surface area (Å²) in [6.07, 6.45) is 4.32. The summed E-state index contributed by atoms with van der Waals surface area (Å²) in [7, 11) is 0. The number of amidine groups is 1. The number of ether oxygens (including phenoxy) is 2. The van der Waals surface area contributed by atoms with Gasteiger partial charge in [-0.25, -0.2) is 4.99 Å². The van der Waals surface area contributed by atoms with E-state index in [1.807, 2.05) is 48.7 Å². The van der Waals surface area contributed by atoms with E-state index >= 15 is 0 Å². The normalized spacial score (nSPS) is 20.4. The molecular weight excluding hydrogens is 326 g/mol. The lowest BCUT2D eigenvalue weighted by Crippen LogP contribution is -2.39. The molecule has 2 aliphatic rings. The Morgan fingerprint density at radius 2 is 1.85 bits per heavy atom. The number of pyridine rings is 1. The molecule has 2 N–H and O–H groups in total. The Labute approximate surface area is 151 Å². The maximum Gasteiger partial charge on any atom is 0.283 e. The summed E-state index contributed by atoms with van der Waals surface area (Å²) >= 11 is 0. The van der Waals surface area contributed by atoms with Crippen LogP contribution in [0, 0.1) is 0 Å². The van der Waals surface area contributed by atoms with Gasteiger partial charge in [-0.05, 0) is 23.8 Å². The summed E-state index contributed by atoms with van der Waals surface area (Å²) in [6.45, 7) is 0.504. The number of nitrogens with two attached hydrogens (primary N) is 1. The van der Waals surface area contributed by atoms with Gasteiger partial charge in [0.25, 0.3) is 6.02 Å². The first-order valence-corrected chi connectivity index (χ1v) is 8.57. The van der Waals surface area contributed by atoms with E-state index in [0.717, 1.165) is 33.8 Å². The maximum absolute atomic E-state index is 6.23. The molecule has 3 aromatic rings. The summed E-state index contributed by atoms with van der Waals surface area (Å²) in [5.41, 5.74) is 9.48. The van der Waals surface area contributed by atoms with E-state index in [2.05, 4.69) is 17.1 Å². The van der Waals surface area contributed by atoms with Crippen LogP contribution >= 0.6 is 0 Å². The molecule has 26 heavy (non-hydrogen) atoms. The molecule has 5 rings (SSSR count). The highest BCUT2D eigenvalue weighted by atomic mass is 16.5. The Balaban J connectivity index is 1.86. The van der Waals surface area contributed by atoms with Crippen LogP contribution in [0.15, 0.2) is 72.0 Å². The van der Waals surface area contributed by atoms with Gasteiger partial charge in [-0.15, -0.1) is 0 Å². The van der Waals surface area contributed by atoms with E-state index in [-0.39, 0.29) is 6.02 Å². The number of para-hydroxylation sites is 1. The van der Waals surface area contributed by atoms with E-state index in [1.165, 1.54) is 0 Å². The van der Waals surface area contributed by atoms with Gasteiger partial charge in [-0.3, -0.25) is 4.98 Å². The summed E-state index contributed by atoms with van der Waals surface area (Å²) < 4.78 is 11.7. The molecule has 0 bridgehead atoms. The average molecular weight is 343 g/mol. The van der Waals surface area contributed by atoms with Crippen molar-refractivity contribution in [2.45, 2.75) is 12.0 Å². The number of hydrogen-bond donors (Lipinski definition) is 1. The van der Waals surface area contributed by atoms with Crippen LogP contribution in [0.2, 0.25) is 0 Å². The number of rotatable bonds is 1. The van der Waals surface area contributed by atoms with Gasteiger partial charge >= 0.3 is 0 Å². The molecule has 0 aliphatic carbocycles. The molecule has 1 aromatic heterocycles. The fraction of sp³-hybridized carbons (Fsp3) is 0.143. The number of aromatic nitrogens is 1. The van der Waals surface area contributed by atoms with E-state index in [9.17, 15) is 0 Å². The van der Waals surface area contributed by atoms with Crippen molar-refractivity contribution in [3.05, 3.63) is 78.1 Å². The number of hydrogen-bond acceptors (Lipinski definition) is 5. The van der Waals surface area contributed by atoms with Gasteiger partial charge in [-0.1, -0.05) is 36.4 Å². The lowest BCUT2D eigenvalue weighted by Gasteiger charge is -2.40. The molecule has 0 fully saturated rings. The standard InChI is InChI=1S/C21H17N3O2/c22-20-24-21(10-12-25-20)16-7-1-2-8-17(16)26-18-9-3-6-15(19(18)21)14-5-4-11-23-13-14/h1-9,11,13H,10,12H2,(H2,22,24). The average Bonchev–Trinajstić information content (AvgIpc) is 2.68. The zero-order valence-electron chi connectivity index (χ0n) is 14.1. The molecule has 0 radical (unpaired) electrons. The number of fused-ring (bicyclic) bond motifs is 4. The van der Waals surface area contributed by atoms with Crippen LogP contribution in [0.5, 0.6) is 11.5 Å². The van der Waals surface area contributed by atoms with E-state index in [0.29, 0.717) is 13.0 Å². The summed E-state index contributed by atoms with van der Waals surface area (Å²) in [5.74, 6) is 1.60. The van der Waals surface area contributed by atoms with E-state index in [4.69, 9.17) is 20.2 Å². The Kier molecular flexibility index (Phi) is 3.22. The molecule has 1 atom stereocenters. The fourth-order valence-corrected chi connectivity index (χ4v) is 3.91. The first-order valence-electron chi connectivity index (χ1n) is 8.57. The van der Waals surface area contributed by atoms with E-state index in [1.54, 1.807) is 6.20 Å². The summed E-state index contributed by atoms with van der Waals surface area (Å²) in [6, 6.07) is 18.2. The Morgan fingerprint density at radius 3 is 2.69 bits per heavy atom. The SMILES string of the molecule is NC1=NC2(CCO1)c1ccccc1Oc1cccc(-c3cccnc3)c12. The molecule has 0 saturated carbocycles. The second kappa shape index (κ2) is 5.59. The quantitative estimate of drug-likeness (QED) is 0.729.